The second-order valence-electron chi connectivity index (χ2n) is 7.12. The van der Waals surface area contributed by atoms with Gasteiger partial charge in [-0.2, -0.15) is 0 Å². The monoisotopic (exact) mass is 345 g/mol. The third kappa shape index (κ3) is 2.65. The molecule has 0 fully saturated rings. The van der Waals surface area contributed by atoms with Gasteiger partial charge in [0.05, 0.1) is 0 Å². The highest BCUT2D eigenvalue weighted by Crippen LogP contribution is 2.39. The third-order valence-corrected chi connectivity index (χ3v) is 5.39. The van der Waals surface area contributed by atoms with E-state index in [1.54, 1.807) is 0 Å². The van der Waals surface area contributed by atoms with Crippen LogP contribution in [0, 0.1) is 6.92 Å². The Hall–Kier alpha value is -3.26. The summed E-state index contributed by atoms with van der Waals surface area (Å²) in [5, 5.41) is 0. The van der Waals surface area contributed by atoms with Crippen molar-refractivity contribution in [3.05, 3.63) is 109 Å². The van der Waals surface area contributed by atoms with Crippen molar-refractivity contribution in [1.29, 1.82) is 0 Å². The SMILES string of the molecule is Cc1ccc(B2c3ccccc3-c3ccccc3N2c2ccccc2)cc1. The number of benzene rings is 4. The molecule has 5 rings (SSSR count). The van der Waals surface area contributed by atoms with Crippen LogP contribution < -0.4 is 15.7 Å². The molecule has 0 radical (unpaired) electrons. The lowest BCUT2D eigenvalue weighted by Crippen LogP contribution is -2.57. The van der Waals surface area contributed by atoms with E-state index in [0.29, 0.717) is 0 Å². The number of aryl methyl sites for hydroxylation is 1. The fourth-order valence-electron chi connectivity index (χ4n) is 4.12. The molecule has 0 unspecified atom stereocenters. The average molecular weight is 345 g/mol. The lowest BCUT2D eigenvalue weighted by molar-refractivity contribution is 1.36. The lowest BCUT2D eigenvalue weighted by atomic mass is 9.45. The summed E-state index contributed by atoms with van der Waals surface area (Å²) in [4.78, 5) is 2.47. The van der Waals surface area contributed by atoms with Crippen molar-refractivity contribution in [2.75, 3.05) is 4.81 Å². The Labute approximate surface area is 161 Å². The van der Waals surface area contributed by atoms with Gasteiger partial charge in [0.15, 0.2) is 0 Å². The van der Waals surface area contributed by atoms with Crippen molar-refractivity contribution in [3.63, 3.8) is 0 Å². The molecule has 4 aromatic rings. The van der Waals surface area contributed by atoms with E-state index in [4.69, 9.17) is 0 Å². The molecule has 0 saturated heterocycles. The third-order valence-electron chi connectivity index (χ3n) is 5.39. The van der Waals surface area contributed by atoms with E-state index < -0.39 is 0 Å². The standard InChI is InChI=1S/C25H20BN/c1-19-15-17-20(18-16-19)26-24-13-7-5-11-22(24)23-12-6-8-14-25(23)27(26)21-9-3-2-4-10-21/h2-18H,1H3. The molecule has 2 heteroatoms. The predicted octanol–water partition coefficient (Wildman–Crippen LogP) is 4.92. The van der Waals surface area contributed by atoms with Crippen molar-refractivity contribution in [3.8, 4) is 11.1 Å². The number of hydrogen-bond donors (Lipinski definition) is 0. The number of nitrogens with zero attached hydrogens (tertiary/aromatic N) is 1. The Morgan fingerprint density at radius 3 is 2.00 bits per heavy atom. The Morgan fingerprint density at radius 1 is 0.593 bits per heavy atom. The molecule has 27 heavy (non-hydrogen) atoms. The summed E-state index contributed by atoms with van der Waals surface area (Å²) >= 11 is 0. The highest BCUT2D eigenvalue weighted by molar-refractivity contribution is 6.90. The minimum Gasteiger partial charge on any atom is -0.376 e. The Bertz CT molecular complexity index is 1090. The van der Waals surface area contributed by atoms with Crippen molar-refractivity contribution in [1.82, 2.24) is 0 Å². The predicted molar refractivity (Wildman–Crippen MR) is 117 cm³/mol. The zero-order chi connectivity index (χ0) is 18.2. The molecular weight excluding hydrogens is 325 g/mol. The normalized spacial score (nSPS) is 12.5. The van der Waals surface area contributed by atoms with Crippen LogP contribution >= 0.6 is 0 Å². The Kier molecular flexibility index (Phi) is 3.83. The molecule has 0 aromatic heterocycles. The van der Waals surface area contributed by atoms with Crippen molar-refractivity contribution in [2.45, 2.75) is 6.92 Å². The molecule has 1 aliphatic heterocycles. The number of rotatable bonds is 2. The average Bonchev–Trinajstić information content (AvgIpc) is 2.74. The van der Waals surface area contributed by atoms with Gasteiger partial charge in [0.25, 0.3) is 0 Å². The molecule has 0 amide bonds. The maximum Gasteiger partial charge on any atom is 0.328 e. The number of anilines is 2. The van der Waals surface area contributed by atoms with Crippen LogP contribution in [0.1, 0.15) is 5.56 Å². The van der Waals surface area contributed by atoms with E-state index in [-0.39, 0.29) is 6.85 Å². The van der Waals surface area contributed by atoms with Gasteiger partial charge in [0, 0.05) is 16.9 Å². The first-order valence-electron chi connectivity index (χ1n) is 9.42. The fraction of sp³-hybridized carbons (Fsp3) is 0.0400. The van der Waals surface area contributed by atoms with E-state index >= 15 is 0 Å². The molecule has 0 aliphatic carbocycles. The van der Waals surface area contributed by atoms with Crippen LogP contribution in [-0.2, 0) is 0 Å². The molecule has 0 N–H and O–H groups in total. The van der Waals surface area contributed by atoms with Gasteiger partial charge >= 0.3 is 6.85 Å². The molecule has 0 saturated carbocycles. The molecule has 1 nitrogen and oxygen atoms in total. The Balaban J connectivity index is 1.81. The van der Waals surface area contributed by atoms with Gasteiger partial charge in [0.1, 0.15) is 0 Å². The van der Waals surface area contributed by atoms with E-state index in [0.717, 1.165) is 0 Å². The van der Waals surface area contributed by atoms with Gasteiger partial charge in [-0.3, -0.25) is 0 Å². The number of para-hydroxylation sites is 2. The van der Waals surface area contributed by atoms with E-state index in [1.165, 1.54) is 39.0 Å². The first-order valence-corrected chi connectivity index (χ1v) is 9.42. The maximum absolute atomic E-state index is 2.47. The zero-order valence-electron chi connectivity index (χ0n) is 15.3. The van der Waals surface area contributed by atoms with Crippen LogP contribution in [0.5, 0.6) is 0 Å². The molecule has 1 heterocycles. The molecule has 1 aliphatic rings. The molecular formula is C25H20BN. The fourth-order valence-corrected chi connectivity index (χ4v) is 4.12. The maximum atomic E-state index is 2.47. The first-order chi connectivity index (χ1) is 13.3. The van der Waals surface area contributed by atoms with E-state index in [9.17, 15) is 0 Å². The second-order valence-corrected chi connectivity index (χ2v) is 7.12. The summed E-state index contributed by atoms with van der Waals surface area (Å²) in [6.45, 7) is 2.29. The van der Waals surface area contributed by atoms with Crippen LogP contribution in [0.15, 0.2) is 103 Å². The molecule has 4 aromatic carbocycles. The second kappa shape index (κ2) is 6.48. The van der Waals surface area contributed by atoms with E-state index in [2.05, 4.69) is 115 Å². The topological polar surface area (TPSA) is 3.24 Å². The minimum atomic E-state index is 0.152. The highest BCUT2D eigenvalue weighted by atomic mass is 15.1. The lowest BCUT2D eigenvalue weighted by Gasteiger charge is -2.38. The summed E-state index contributed by atoms with van der Waals surface area (Å²) in [5.74, 6) is 0. The number of fused-ring (bicyclic) bond motifs is 3. The van der Waals surface area contributed by atoms with Crippen LogP contribution in [0.25, 0.3) is 11.1 Å². The number of hydrogen-bond acceptors (Lipinski definition) is 1. The summed E-state index contributed by atoms with van der Waals surface area (Å²) in [6.07, 6.45) is 0. The van der Waals surface area contributed by atoms with Gasteiger partial charge in [0.2, 0.25) is 0 Å². The zero-order valence-corrected chi connectivity index (χ0v) is 15.3. The molecule has 0 atom stereocenters. The Morgan fingerprint density at radius 2 is 1.22 bits per heavy atom. The van der Waals surface area contributed by atoms with Crippen molar-refractivity contribution in [2.24, 2.45) is 0 Å². The van der Waals surface area contributed by atoms with Crippen LogP contribution in [0.2, 0.25) is 0 Å². The summed E-state index contributed by atoms with van der Waals surface area (Å²) in [5.41, 5.74) is 9.04. The van der Waals surface area contributed by atoms with E-state index in [1.807, 2.05) is 0 Å². The highest BCUT2D eigenvalue weighted by Gasteiger charge is 2.36. The summed E-state index contributed by atoms with van der Waals surface area (Å²) in [6, 6.07) is 37.2. The van der Waals surface area contributed by atoms with Gasteiger partial charge in [-0.15, -0.1) is 0 Å². The van der Waals surface area contributed by atoms with Crippen LogP contribution in [-0.4, -0.2) is 6.85 Å². The van der Waals surface area contributed by atoms with Gasteiger partial charge < -0.3 is 4.81 Å². The molecule has 0 bridgehead atoms. The smallest absolute Gasteiger partial charge is 0.328 e. The summed E-state index contributed by atoms with van der Waals surface area (Å²) in [7, 11) is 0. The minimum absolute atomic E-state index is 0.152. The first kappa shape index (κ1) is 16.0. The van der Waals surface area contributed by atoms with Gasteiger partial charge in [-0.25, -0.2) is 0 Å². The van der Waals surface area contributed by atoms with Crippen molar-refractivity contribution < 1.29 is 0 Å². The quantitative estimate of drug-likeness (QED) is 0.466. The van der Waals surface area contributed by atoms with Gasteiger partial charge in [-0.05, 0) is 36.1 Å². The molecule has 0 spiro atoms. The van der Waals surface area contributed by atoms with Gasteiger partial charge in [-0.1, -0.05) is 96.0 Å². The summed E-state index contributed by atoms with van der Waals surface area (Å²) < 4.78 is 0. The molecule has 128 valence electrons. The van der Waals surface area contributed by atoms with Crippen LogP contribution in [0.3, 0.4) is 0 Å². The van der Waals surface area contributed by atoms with Crippen LogP contribution in [0.4, 0.5) is 11.4 Å². The van der Waals surface area contributed by atoms with Crippen molar-refractivity contribution >= 4 is 29.1 Å². The largest absolute Gasteiger partial charge is 0.376 e.